The molecule has 3 heteroatoms. The van der Waals surface area contributed by atoms with E-state index in [2.05, 4.69) is 4.98 Å². The molecule has 0 aliphatic heterocycles. The highest BCUT2D eigenvalue weighted by molar-refractivity contribution is 6.21. The van der Waals surface area contributed by atoms with Crippen LogP contribution in [-0.4, -0.2) is 17.5 Å². The Bertz CT molecular complexity index is 279. The molecule has 0 spiro atoms. The molecule has 70 valence electrons. The second kappa shape index (κ2) is 4.87. The number of halogens is 1. The summed E-state index contributed by atoms with van der Waals surface area (Å²) in [6.45, 7) is 1.91. The summed E-state index contributed by atoms with van der Waals surface area (Å²) < 4.78 is 4.93. The summed E-state index contributed by atoms with van der Waals surface area (Å²) in [5.41, 5.74) is 1.02. The quantitative estimate of drug-likeness (QED) is 0.696. The van der Waals surface area contributed by atoms with E-state index in [1.807, 2.05) is 31.2 Å². The Hall–Kier alpha value is -1.02. The van der Waals surface area contributed by atoms with Crippen molar-refractivity contribution in [1.82, 2.24) is 4.98 Å². The first-order valence-corrected chi connectivity index (χ1v) is 4.48. The van der Waals surface area contributed by atoms with Crippen molar-refractivity contribution >= 4 is 17.7 Å². The molecule has 0 radical (unpaired) electrons. The van der Waals surface area contributed by atoms with Gasteiger partial charge in [-0.1, -0.05) is 12.2 Å². The highest BCUT2D eigenvalue weighted by atomic mass is 35.5. The van der Waals surface area contributed by atoms with Gasteiger partial charge < -0.3 is 4.74 Å². The summed E-state index contributed by atoms with van der Waals surface area (Å²) in [7, 11) is 1.60. The van der Waals surface area contributed by atoms with Gasteiger partial charge in [0.1, 0.15) is 0 Å². The van der Waals surface area contributed by atoms with Crippen LogP contribution in [0.15, 0.2) is 24.4 Å². The zero-order chi connectivity index (χ0) is 9.68. The summed E-state index contributed by atoms with van der Waals surface area (Å²) in [6.07, 6.45) is 5.59. The second-order valence-electron chi connectivity index (χ2n) is 2.67. The van der Waals surface area contributed by atoms with Crippen LogP contribution in [0.3, 0.4) is 0 Å². The van der Waals surface area contributed by atoms with Crippen LogP contribution in [-0.2, 0) is 0 Å². The lowest BCUT2D eigenvalue weighted by Crippen LogP contribution is -1.87. The number of pyridine rings is 1. The molecular weight excluding hydrogens is 186 g/mol. The SMILES string of the molecule is COc1ccc(/C=C/C(C)Cl)cn1. The Labute approximate surface area is 83.2 Å². The first-order chi connectivity index (χ1) is 6.22. The zero-order valence-electron chi connectivity index (χ0n) is 7.70. The Morgan fingerprint density at radius 3 is 2.77 bits per heavy atom. The number of ether oxygens (including phenoxy) is 1. The van der Waals surface area contributed by atoms with Gasteiger partial charge in [-0.15, -0.1) is 11.6 Å². The van der Waals surface area contributed by atoms with Crippen LogP contribution in [0.25, 0.3) is 6.08 Å². The monoisotopic (exact) mass is 197 g/mol. The van der Waals surface area contributed by atoms with E-state index < -0.39 is 0 Å². The maximum atomic E-state index is 5.75. The van der Waals surface area contributed by atoms with Crippen LogP contribution in [0.5, 0.6) is 5.88 Å². The molecule has 1 unspecified atom stereocenters. The lowest BCUT2D eigenvalue weighted by molar-refractivity contribution is 0.398. The number of allylic oxidation sites excluding steroid dienone is 1. The van der Waals surface area contributed by atoms with E-state index in [1.54, 1.807) is 13.3 Å². The first-order valence-electron chi connectivity index (χ1n) is 4.04. The standard InChI is InChI=1S/C10H12ClNO/c1-8(11)3-4-9-5-6-10(13-2)12-7-9/h3-8H,1-2H3/b4-3+. The van der Waals surface area contributed by atoms with Crippen molar-refractivity contribution in [3.8, 4) is 5.88 Å². The molecule has 0 bridgehead atoms. The van der Waals surface area contributed by atoms with Crippen molar-refractivity contribution in [3.63, 3.8) is 0 Å². The average Bonchev–Trinajstić information content (AvgIpc) is 2.15. The summed E-state index contributed by atoms with van der Waals surface area (Å²) in [5, 5.41) is 0.0436. The normalized spacial score (nSPS) is 13.2. The number of hydrogen-bond acceptors (Lipinski definition) is 2. The largest absolute Gasteiger partial charge is 0.481 e. The van der Waals surface area contributed by atoms with Gasteiger partial charge >= 0.3 is 0 Å². The van der Waals surface area contributed by atoms with Crippen molar-refractivity contribution in [3.05, 3.63) is 30.0 Å². The summed E-state index contributed by atoms with van der Waals surface area (Å²) in [5.74, 6) is 0.621. The van der Waals surface area contributed by atoms with Crippen LogP contribution < -0.4 is 4.74 Å². The molecule has 0 saturated heterocycles. The first kappa shape index (κ1) is 10.1. The molecule has 1 rings (SSSR count). The predicted molar refractivity (Wildman–Crippen MR) is 55.1 cm³/mol. The third-order valence-corrected chi connectivity index (χ3v) is 1.67. The Morgan fingerprint density at radius 1 is 1.54 bits per heavy atom. The lowest BCUT2D eigenvalue weighted by atomic mass is 10.2. The van der Waals surface area contributed by atoms with Gasteiger partial charge in [-0.2, -0.15) is 0 Å². The summed E-state index contributed by atoms with van der Waals surface area (Å²) in [4.78, 5) is 4.06. The maximum Gasteiger partial charge on any atom is 0.212 e. The lowest BCUT2D eigenvalue weighted by Gasteiger charge is -1.98. The van der Waals surface area contributed by atoms with Gasteiger partial charge in [-0.05, 0) is 18.6 Å². The van der Waals surface area contributed by atoms with Gasteiger partial charge in [0.15, 0.2) is 0 Å². The third-order valence-electron chi connectivity index (χ3n) is 1.52. The molecule has 1 heterocycles. The molecule has 0 amide bonds. The van der Waals surface area contributed by atoms with Gasteiger partial charge in [0, 0.05) is 17.6 Å². The van der Waals surface area contributed by atoms with E-state index in [-0.39, 0.29) is 5.38 Å². The van der Waals surface area contributed by atoms with Crippen molar-refractivity contribution in [2.24, 2.45) is 0 Å². The minimum absolute atomic E-state index is 0.0436. The fraction of sp³-hybridized carbons (Fsp3) is 0.300. The minimum Gasteiger partial charge on any atom is -0.481 e. The highest BCUT2D eigenvalue weighted by Gasteiger charge is 1.92. The molecule has 0 N–H and O–H groups in total. The van der Waals surface area contributed by atoms with E-state index in [4.69, 9.17) is 16.3 Å². The number of alkyl halides is 1. The van der Waals surface area contributed by atoms with Crippen LogP contribution in [0.4, 0.5) is 0 Å². The maximum absolute atomic E-state index is 5.75. The van der Waals surface area contributed by atoms with Gasteiger partial charge in [-0.25, -0.2) is 4.98 Å². The smallest absolute Gasteiger partial charge is 0.212 e. The fourth-order valence-electron chi connectivity index (χ4n) is 0.855. The van der Waals surface area contributed by atoms with Crippen molar-refractivity contribution in [1.29, 1.82) is 0 Å². The van der Waals surface area contributed by atoms with Crippen LogP contribution in [0.2, 0.25) is 0 Å². The molecule has 1 aromatic rings. The minimum atomic E-state index is 0.0436. The van der Waals surface area contributed by atoms with E-state index >= 15 is 0 Å². The molecule has 1 aromatic heterocycles. The zero-order valence-corrected chi connectivity index (χ0v) is 8.45. The van der Waals surface area contributed by atoms with Gasteiger partial charge in [-0.3, -0.25) is 0 Å². The molecule has 2 nitrogen and oxygen atoms in total. The Morgan fingerprint density at radius 2 is 2.31 bits per heavy atom. The third kappa shape index (κ3) is 3.47. The number of aromatic nitrogens is 1. The van der Waals surface area contributed by atoms with E-state index in [1.165, 1.54) is 0 Å². The fourth-order valence-corrected chi connectivity index (χ4v) is 0.928. The van der Waals surface area contributed by atoms with Crippen molar-refractivity contribution < 1.29 is 4.74 Å². The van der Waals surface area contributed by atoms with Gasteiger partial charge in [0.2, 0.25) is 5.88 Å². The molecular formula is C10H12ClNO. The molecule has 13 heavy (non-hydrogen) atoms. The van der Waals surface area contributed by atoms with Gasteiger partial charge in [0.05, 0.1) is 7.11 Å². The summed E-state index contributed by atoms with van der Waals surface area (Å²) in [6, 6.07) is 3.75. The Kier molecular flexibility index (Phi) is 3.77. The van der Waals surface area contributed by atoms with Crippen LogP contribution >= 0.6 is 11.6 Å². The topological polar surface area (TPSA) is 22.1 Å². The number of methoxy groups -OCH3 is 1. The average molecular weight is 198 g/mol. The molecule has 0 aromatic carbocycles. The summed E-state index contributed by atoms with van der Waals surface area (Å²) >= 11 is 5.75. The van der Waals surface area contributed by atoms with Gasteiger partial charge in [0.25, 0.3) is 0 Å². The highest BCUT2D eigenvalue weighted by Crippen LogP contribution is 2.09. The van der Waals surface area contributed by atoms with Crippen LogP contribution in [0.1, 0.15) is 12.5 Å². The second-order valence-corrected chi connectivity index (χ2v) is 3.36. The number of hydrogen-bond donors (Lipinski definition) is 0. The van der Waals surface area contributed by atoms with Crippen molar-refractivity contribution in [2.75, 3.05) is 7.11 Å². The number of rotatable bonds is 3. The van der Waals surface area contributed by atoms with Crippen molar-refractivity contribution in [2.45, 2.75) is 12.3 Å². The number of nitrogens with zero attached hydrogens (tertiary/aromatic N) is 1. The molecule has 0 aliphatic rings. The Balaban J connectivity index is 2.69. The molecule has 0 aliphatic carbocycles. The molecule has 0 saturated carbocycles. The van der Waals surface area contributed by atoms with E-state index in [0.29, 0.717) is 5.88 Å². The molecule has 0 fully saturated rings. The molecule has 1 atom stereocenters. The van der Waals surface area contributed by atoms with E-state index in [0.717, 1.165) is 5.56 Å². The predicted octanol–water partition coefficient (Wildman–Crippen LogP) is 2.73. The van der Waals surface area contributed by atoms with Crippen LogP contribution in [0, 0.1) is 0 Å². The van der Waals surface area contributed by atoms with E-state index in [9.17, 15) is 0 Å².